The van der Waals surface area contributed by atoms with Crippen molar-refractivity contribution in [2.45, 2.75) is 12.8 Å². The third-order valence-corrected chi connectivity index (χ3v) is 3.99. The van der Waals surface area contributed by atoms with Crippen molar-refractivity contribution in [1.82, 2.24) is 5.43 Å². The van der Waals surface area contributed by atoms with Crippen LogP contribution in [0.4, 0.5) is 5.69 Å². The molecule has 3 nitrogen and oxygen atoms in total. The zero-order valence-electron chi connectivity index (χ0n) is 10.0. The molecule has 2 N–H and O–H groups in total. The molecule has 1 fully saturated rings. The second-order valence-corrected chi connectivity index (χ2v) is 5.60. The van der Waals surface area contributed by atoms with E-state index in [-0.39, 0.29) is 11.8 Å². The maximum atomic E-state index is 11.9. The molecule has 0 saturated carbocycles. The summed E-state index contributed by atoms with van der Waals surface area (Å²) < 4.78 is 0. The van der Waals surface area contributed by atoms with Crippen molar-refractivity contribution in [2.75, 3.05) is 16.9 Å². The molecular formula is C12H17BN2OS. The van der Waals surface area contributed by atoms with Gasteiger partial charge in [-0.2, -0.15) is 11.8 Å². The van der Waals surface area contributed by atoms with Crippen LogP contribution in [-0.2, 0) is 4.79 Å². The van der Waals surface area contributed by atoms with Crippen LogP contribution < -0.4 is 16.3 Å². The molecule has 90 valence electrons. The van der Waals surface area contributed by atoms with Gasteiger partial charge >= 0.3 is 0 Å². The van der Waals surface area contributed by atoms with Crippen molar-refractivity contribution in [1.29, 1.82) is 0 Å². The van der Waals surface area contributed by atoms with Gasteiger partial charge in [-0.25, -0.2) is 0 Å². The van der Waals surface area contributed by atoms with E-state index in [1.807, 2.05) is 43.9 Å². The summed E-state index contributed by atoms with van der Waals surface area (Å²) in [4.78, 5) is 11.9. The summed E-state index contributed by atoms with van der Waals surface area (Å²) in [6.07, 6.45) is 1.98. The van der Waals surface area contributed by atoms with Crippen molar-refractivity contribution in [2.24, 2.45) is 5.92 Å². The number of carbonyl (C=O) groups excluding carboxylic acids is 1. The quantitative estimate of drug-likeness (QED) is 0.605. The lowest BCUT2D eigenvalue weighted by Crippen LogP contribution is -2.36. The second-order valence-electron chi connectivity index (χ2n) is 4.37. The Bertz CT molecular complexity index is 394. The molecule has 1 aromatic carbocycles. The lowest BCUT2D eigenvalue weighted by Gasteiger charge is -2.21. The van der Waals surface area contributed by atoms with Crippen molar-refractivity contribution in [3.05, 3.63) is 24.3 Å². The Labute approximate surface area is 107 Å². The highest BCUT2D eigenvalue weighted by Crippen LogP contribution is 2.22. The van der Waals surface area contributed by atoms with E-state index in [1.54, 1.807) is 0 Å². The highest BCUT2D eigenvalue weighted by atomic mass is 32.2. The normalized spacial score (nSPS) is 16.5. The van der Waals surface area contributed by atoms with E-state index in [1.165, 1.54) is 5.46 Å². The van der Waals surface area contributed by atoms with E-state index in [0.29, 0.717) is 0 Å². The van der Waals surface area contributed by atoms with Gasteiger partial charge in [-0.05, 0) is 36.5 Å². The molecule has 2 rings (SSSR count). The molecule has 1 amide bonds. The smallest absolute Gasteiger partial charge is 0.241 e. The number of hydrogen-bond acceptors (Lipinski definition) is 3. The molecule has 1 aliphatic heterocycles. The first-order chi connectivity index (χ1) is 8.25. The Kier molecular flexibility index (Phi) is 4.37. The van der Waals surface area contributed by atoms with E-state index >= 15 is 0 Å². The molecular weight excluding hydrogens is 231 g/mol. The summed E-state index contributed by atoms with van der Waals surface area (Å²) in [7, 11) is 2.03. The first-order valence-corrected chi connectivity index (χ1v) is 7.11. The molecule has 0 aromatic heterocycles. The fraction of sp³-hybridized carbons (Fsp3) is 0.417. The molecule has 0 unspecified atom stereocenters. The third-order valence-electron chi connectivity index (χ3n) is 2.94. The van der Waals surface area contributed by atoms with Gasteiger partial charge in [-0.15, -0.1) is 0 Å². The number of rotatable bonds is 3. The zero-order chi connectivity index (χ0) is 12.1. The van der Waals surface area contributed by atoms with Gasteiger partial charge in [-0.3, -0.25) is 15.6 Å². The van der Waals surface area contributed by atoms with Gasteiger partial charge in [0.2, 0.25) is 5.91 Å². The zero-order valence-corrected chi connectivity index (χ0v) is 10.8. The van der Waals surface area contributed by atoms with Crippen LogP contribution in [0.1, 0.15) is 12.8 Å². The lowest BCUT2D eigenvalue weighted by atomic mass is 9.96. The highest BCUT2D eigenvalue weighted by molar-refractivity contribution is 7.99. The largest absolute Gasteiger partial charge is 0.299 e. The Morgan fingerprint density at radius 2 is 2.12 bits per heavy atom. The fourth-order valence-corrected chi connectivity index (χ4v) is 3.02. The van der Waals surface area contributed by atoms with Gasteiger partial charge in [0.05, 0.1) is 5.69 Å². The van der Waals surface area contributed by atoms with Crippen LogP contribution in [0.3, 0.4) is 0 Å². The highest BCUT2D eigenvalue weighted by Gasteiger charge is 2.20. The van der Waals surface area contributed by atoms with Crippen LogP contribution >= 0.6 is 11.8 Å². The summed E-state index contributed by atoms with van der Waals surface area (Å²) in [6.45, 7) is 0. The number of hydrogen-bond donors (Lipinski definition) is 2. The Balaban J connectivity index is 1.83. The minimum Gasteiger partial charge on any atom is -0.299 e. The Morgan fingerprint density at radius 3 is 2.82 bits per heavy atom. The number of carbonyl (C=O) groups is 1. The number of anilines is 1. The van der Waals surface area contributed by atoms with E-state index in [2.05, 4.69) is 10.9 Å². The number of nitrogens with one attached hydrogen (secondary N) is 2. The van der Waals surface area contributed by atoms with Crippen molar-refractivity contribution >= 4 is 36.7 Å². The van der Waals surface area contributed by atoms with Crippen LogP contribution in [0, 0.1) is 5.92 Å². The average molecular weight is 248 g/mol. The molecule has 0 bridgehead atoms. The summed E-state index contributed by atoms with van der Waals surface area (Å²) in [6, 6.07) is 7.97. The number of benzene rings is 1. The molecule has 0 aliphatic carbocycles. The Morgan fingerprint density at radius 1 is 1.35 bits per heavy atom. The topological polar surface area (TPSA) is 41.1 Å². The predicted molar refractivity (Wildman–Crippen MR) is 76.4 cm³/mol. The van der Waals surface area contributed by atoms with E-state index in [0.717, 1.165) is 30.0 Å². The molecule has 5 heteroatoms. The molecule has 1 saturated heterocycles. The SMILES string of the molecule is Bc1cccc(NNC(=O)C2CCSCC2)c1. The van der Waals surface area contributed by atoms with Gasteiger partial charge < -0.3 is 0 Å². The minimum absolute atomic E-state index is 0.117. The van der Waals surface area contributed by atoms with E-state index < -0.39 is 0 Å². The molecule has 0 radical (unpaired) electrons. The third kappa shape index (κ3) is 3.70. The van der Waals surface area contributed by atoms with Crippen molar-refractivity contribution in [3.8, 4) is 0 Å². The minimum atomic E-state index is 0.117. The molecule has 1 aromatic rings. The second kappa shape index (κ2) is 6.01. The monoisotopic (exact) mass is 248 g/mol. The molecule has 1 aliphatic rings. The van der Waals surface area contributed by atoms with Crippen LogP contribution in [-0.4, -0.2) is 25.3 Å². The molecule has 1 heterocycles. The van der Waals surface area contributed by atoms with Crippen LogP contribution in [0.25, 0.3) is 0 Å². The maximum Gasteiger partial charge on any atom is 0.241 e. The van der Waals surface area contributed by atoms with Gasteiger partial charge in [0, 0.05) is 5.92 Å². The lowest BCUT2D eigenvalue weighted by molar-refractivity contribution is -0.124. The molecule has 0 spiro atoms. The Hall–Kier alpha value is -1.10. The van der Waals surface area contributed by atoms with Crippen molar-refractivity contribution in [3.63, 3.8) is 0 Å². The fourth-order valence-electron chi connectivity index (χ4n) is 1.92. The molecule has 17 heavy (non-hydrogen) atoms. The van der Waals surface area contributed by atoms with Crippen LogP contribution in [0.2, 0.25) is 0 Å². The van der Waals surface area contributed by atoms with Gasteiger partial charge in [0.25, 0.3) is 0 Å². The van der Waals surface area contributed by atoms with Gasteiger partial charge in [-0.1, -0.05) is 17.6 Å². The first-order valence-electron chi connectivity index (χ1n) is 5.96. The standard InChI is InChI=1S/C12H17BN2OS/c13-10-2-1-3-11(8-10)14-15-12(16)9-4-6-17-7-5-9/h1-3,8-9,14H,4-7,13H2,(H,15,16). The summed E-state index contributed by atoms with van der Waals surface area (Å²) >= 11 is 1.93. The van der Waals surface area contributed by atoms with Gasteiger partial charge in [0.1, 0.15) is 7.85 Å². The van der Waals surface area contributed by atoms with Gasteiger partial charge in [0.15, 0.2) is 0 Å². The van der Waals surface area contributed by atoms with E-state index in [9.17, 15) is 4.79 Å². The average Bonchev–Trinajstić information content (AvgIpc) is 2.37. The number of hydrazine groups is 1. The van der Waals surface area contributed by atoms with Crippen LogP contribution in [0.5, 0.6) is 0 Å². The molecule has 0 atom stereocenters. The summed E-state index contributed by atoms with van der Waals surface area (Å²) in [5.74, 6) is 2.49. The predicted octanol–water partition coefficient (Wildman–Crippen LogP) is 0.531. The number of amides is 1. The van der Waals surface area contributed by atoms with Crippen LogP contribution in [0.15, 0.2) is 24.3 Å². The summed E-state index contributed by atoms with van der Waals surface area (Å²) in [5, 5.41) is 0. The van der Waals surface area contributed by atoms with Crippen molar-refractivity contribution < 1.29 is 4.79 Å². The van der Waals surface area contributed by atoms with E-state index in [4.69, 9.17) is 0 Å². The maximum absolute atomic E-state index is 11.9. The number of thioether (sulfide) groups is 1. The summed E-state index contributed by atoms with van der Waals surface area (Å²) in [5.41, 5.74) is 7.89. The first kappa shape index (κ1) is 12.4.